The van der Waals surface area contributed by atoms with Crippen molar-refractivity contribution in [3.8, 4) is 6.07 Å². The van der Waals surface area contributed by atoms with Crippen LogP contribution in [0.5, 0.6) is 0 Å². The van der Waals surface area contributed by atoms with Gasteiger partial charge in [-0.2, -0.15) is 5.26 Å². The van der Waals surface area contributed by atoms with Gasteiger partial charge in [0, 0.05) is 26.1 Å². The molecule has 0 atom stereocenters. The van der Waals surface area contributed by atoms with Crippen LogP contribution >= 0.6 is 0 Å². The number of ether oxygens (including phenoxy) is 1. The minimum Gasteiger partial charge on any atom is -0.383 e. The van der Waals surface area contributed by atoms with Gasteiger partial charge in [0.15, 0.2) is 5.69 Å². The van der Waals surface area contributed by atoms with Gasteiger partial charge >= 0.3 is 0 Å². The molecule has 3 heterocycles. The van der Waals surface area contributed by atoms with Crippen molar-refractivity contribution in [3.63, 3.8) is 0 Å². The first-order valence-corrected chi connectivity index (χ1v) is 5.89. The highest BCUT2D eigenvalue weighted by atomic mass is 16.5. The van der Waals surface area contributed by atoms with Gasteiger partial charge in [-0.25, -0.2) is 4.98 Å². The maximum absolute atomic E-state index is 9.19. The number of nitrogens with one attached hydrogen (secondary N) is 1. The Hall–Kier alpha value is -1.80. The Kier molecular flexibility index (Phi) is 2.57. The summed E-state index contributed by atoms with van der Waals surface area (Å²) in [4.78, 5) is 6.62. The maximum atomic E-state index is 9.19. The molecule has 0 unspecified atom stereocenters. The quantitative estimate of drug-likeness (QED) is 0.771. The van der Waals surface area contributed by atoms with Crippen LogP contribution in [0.1, 0.15) is 11.4 Å². The van der Waals surface area contributed by atoms with Crippen LogP contribution in [0, 0.1) is 11.3 Å². The standard InChI is InChI=1S/C12H14N4O/c13-8-11-12(16-3-5-17-6-4-16)7-10-9(15-11)1-2-14-10/h7,14H,1-6H2. The monoisotopic (exact) mass is 230 g/mol. The van der Waals surface area contributed by atoms with Gasteiger partial charge in [-0.3, -0.25) is 0 Å². The van der Waals surface area contributed by atoms with Crippen molar-refractivity contribution >= 4 is 11.4 Å². The zero-order valence-corrected chi connectivity index (χ0v) is 9.57. The predicted molar refractivity (Wildman–Crippen MR) is 64.2 cm³/mol. The molecule has 0 aromatic carbocycles. The van der Waals surface area contributed by atoms with E-state index in [0.717, 1.165) is 56.3 Å². The van der Waals surface area contributed by atoms with Gasteiger partial charge in [0.05, 0.1) is 30.3 Å². The highest BCUT2D eigenvalue weighted by Gasteiger charge is 2.20. The van der Waals surface area contributed by atoms with E-state index in [1.165, 1.54) is 0 Å². The number of morpholine rings is 1. The Balaban J connectivity index is 2.00. The Labute approximate surface area is 100 Å². The number of fused-ring (bicyclic) bond motifs is 1. The van der Waals surface area contributed by atoms with Crippen molar-refractivity contribution in [3.05, 3.63) is 17.5 Å². The van der Waals surface area contributed by atoms with Gasteiger partial charge in [-0.1, -0.05) is 0 Å². The third-order valence-corrected chi connectivity index (χ3v) is 3.22. The van der Waals surface area contributed by atoms with E-state index in [1.807, 2.05) is 0 Å². The van der Waals surface area contributed by atoms with Gasteiger partial charge in [0.2, 0.25) is 0 Å². The predicted octanol–water partition coefficient (Wildman–Crippen LogP) is 0.758. The molecule has 5 nitrogen and oxygen atoms in total. The SMILES string of the molecule is N#Cc1nc2c(cc1N1CCOCC1)NCC2. The molecule has 88 valence electrons. The summed E-state index contributed by atoms with van der Waals surface area (Å²) < 4.78 is 5.33. The minimum atomic E-state index is 0.536. The molecular weight excluding hydrogens is 216 g/mol. The zero-order valence-electron chi connectivity index (χ0n) is 9.57. The fraction of sp³-hybridized carbons (Fsp3) is 0.500. The molecule has 0 radical (unpaired) electrons. The summed E-state index contributed by atoms with van der Waals surface area (Å²) in [6, 6.07) is 4.26. The summed E-state index contributed by atoms with van der Waals surface area (Å²) in [5.74, 6) is 0. The first-order valence-electron chi connectivity index (χ1n) is 5.89. The van der Waals surface area contributed by atoms with Gasteiger partial charge in [-0.05, 0) is 6.07 Å². The lowest BCUT2D eigenvalue weighted by Crippen LogP contribution is -2.36. The molecule has 0 bridgehead atoms. The number of hydrogen-bond donors (Lipinski definition) is 1. The first kappa shape index (κ1) is 10.4. The maximum Gasteiger partial charge on any atom is 0.164 e. The number of hydrogen-bond acceptors (Lipinski definition) is 5. The number of aromatic nitrogens is 1. The Morgan fingerprint density at radius 1 is 1.41 bits per heavy atom. The molecule has 0 saturated carbocycles. The Morgan fingerprint density at radius 3 is 3.00 bits per heavy atom. The van der Waals surface area contributed by atoms with Crippen molar-refractivity contribution in [2.75, 3.05) is 43.1 Å². The van der Waals surface area contributed by atoms with E-state index < -0.39 is 0 Å². The second-order valence-electron chi connectivity index (χ2n) is 4.24. The third-order valence-electron chi connectivity index (χ3n) is 3.22. The van der Waals surface area contributed by atoms with Crippen LogP contribution in [0.3, 0.4) is 0 Å². The fourth-order valence-corrected chi connectivity index (χ4v) is 2.33. The van der Waals surface area contributed by atoms with E-state index in [0.29, 0.717) is 5.69 Å². The van der Waals surface area contributed by atoms with E-state index in [9.17, 15) is 5.26 Å². The molecule has 0 spiro atoms. The number of nitriles is 1. The molecule has 3 rings (SSSR count). The molecule has 5 heteroatoms. The van der Waals surface area contributed by atoms with E-state index in [-0.39, 0.29) is 0 Å². The molecule has 1 aromatic heterocycles. The summed E-state index contributed by atoms with van der Waals surface area (Å²) in [7, 11) is 0. The Bertz CT molecular complexity index is 474. The molecule has 1 saturated heterocycles. The van der Waals surface area contributed by atoms with Crippen LogP contribution in [0.2, 0.25) is 0 Å². The zero-order chi connectivity index (χ0) is 11.7. The molecule has 2 aliphatic heterocycles. The lowest BCUT2D eigenvalue weighted by atomic mass is 10.2. The van der Waals surface area contributed by atoms with Crippen molar-refractivity contribution in [2.45, 2.75) is 6.42 Å². The van der Waals surface area contributed by atoms with Crippen LogP contribution in [0.15, 0.2) is 6.07 Å². The van der Waals surface area contributed by atoms with Crippen LogP contribution in [0.25, 0.3) is 0 Å². The van der Waals surface area contributed by atoms with E-state index in [1.54, 1.807) is 0 Å². The van der Waals surface area contributed by atoms with Crippen LogP contribution in [-0.4, -0.2) is 37.8 Å². The Morgan fingerprint density at radius 2 is 2.24 bits per heavy atom. The molecule has 2 aliphatic rings. The first-order chi connectivity index (χ1) is 8.38. The topological polar surface area (TPSA) is 61.2 Å². The number of nitrogens with zero attached hydrogens (tertiary/aromatic N) is 3. The third kappa shape index (κ3) is 1.81. The lowest BCUT2D eigenvalue weighted by molar-refractivity contribution is 0.122. The number of rotatable bonds is 1. The molecular formula is C12H14N4O. The molecule has 1 aromatic rings. The highest BCUT2D eigenvalue weighted by Crippen LogP contribution is 2.29. The molecule has 0 amide bonds. The summed E-state index contributed by atoms with van der Waals surface area (Å²) >= 11 is 0. The van der Waals surface area contributed by atoms with Crippen molar-refractivity contribution in [2.24, 2.45) is 0 Å². The summed E-state index contributed by atoms with van der Waals surface area (Å²) in [5.41, 5.74) is 3.56. The van der Waals surface area contributed by atoms with Crippen LogP contribution in [0.4, 0.5) is 11.4 Å². The van der Waals surface area contributed by atoms with E-state index >= 15 is 0 Å². The molecule has 1 fully saturated rings. The number of anilines is 2. The van der Waals surface area contributed by atoms with Crippen molar-refractivity contribution in [1.29, 1.82) is 5.26 Å². The summed E-state index contributed by atoms with van der Waals surface area (Å²) in [5, 5.41) is 12.5. The summed E-state index contributed by atoms with van der Waals surface area (Å²) in [6.45, 7) is 4.01. The largest absolute Gasteiger partial charge is 0.383 e. The lowest BCUT2D eigenvalue weighted by Gasteiger charge is -2.29. The average molecular weight is 230 g/mol. The molecule has 1 N–H and O–H groups in total. The van der Waals surface area contributed by atoms with Gasteiger partial charge < -0.3 is 15.0 Å². The van der Waals surface area contributed by atoms with Crippen molar-refractivity contribution < 1.29 is 4.74 Å². The molecule has 0 aliphatic carbocycles. The highest BCUT2D eigenvalue weighted by molar-refractivity contribution is 5.67. The van der Waals surface area contributed by atoms with Crippen molar-refractivity contribution in [1.82, 2.24) is 4.98 Å². The summed E-state index contributed by atoms with van der Waals surface area (Å²) in [6.07, 6.45) is 0.910. The minimum absolute atomic E-state index is 0.536. The normalized spacial score (nSPS) is 18.4. The smallest absolute Gasteiger partial charge is 0.164 e. The van der Waals surface area contributed by atoms with Gasteiger partial charge in [-0.15, -0.1) is 0 Å². The average Bonchev–Trinajstić information content (AvgIpc) is 2.85. The molecule has 17 heavy (non-hydrogen) atoms. The van der Waals surface area contributed by atoms with Crippen LogP contribution in [-0.2, 0) is 11.2 Å². The fourth-order valence-electron chi connectivity index (χ4n) is 2.33. The van der Waals surface area contributed by atoms with E-state index in [2.05, 4.69) is 27.3 Å². The van der Waals surface area contributed by atoms with Crippen LogP contribution < -0.4 is 10.2 Å². The van der Waals surface area contributed by atoms with E-state index in [4.69, 9.17) is 4.74 Å². The van der Waals surface area contributed by atoms with Gasteiger partial charge in [0.25, 0.3) is 0 Å². The van der Waals surface area contributed by atoms with Gasteiger partial charge in [0.1, 0.15) is 6.07 Å². The second kappa shape index (κ2) is 4.22. The second-order valence-corrected chi connectivity index (χ2v) is 4.24. The number of pyridine rings is 1.